The summed E-state index contributed by atoms with van der Waals surface area (Å²) < 4.78 is 0. The Morgan fingerprint density at radius 3 is 2.90 bits per heavy atom. The fourth-order valence-electron chi connectivity index (χ4n) is 2.56. The van der Waals surface area contributed by atoms with Gasteiger partial charge in [0.15, 0.2) is 0 Å². The molecule has 2 aromatic carbocycles. The number of anilines is 1. The lowest BCUT2D eigenvalue weighted by Crippen LogP contribution is -2.00. The first kappa shape index (κ1) is 11.9. The molecule has 0 unspecified atom stereocenters. The number of aromatic amines is 1. The quantitative estimate of drug-likeness (QED) is 0.598. The summed E-state index contributed by atoms with van der Waals surface area (Å²) in [6.07, 6.45) is 5.65. The Balaban J connectivity index is 1.63. The van der Waals surface area contributed by atoms with E-state index in [0.717, 1.165) is 23.1 Å². The van der Waals surface area contributed by atoms with Crippen molar-refractivity contribution in [1.29, 1.82) is 0 Å². The maximum absolute atomic E-state index is 4.31. The molecule has 0 saturated carbocycles. The Kier molecular flexibility index (Phi) is 2.78. The summed E-state index contributed by atoms with van der Waals surface area (Å²) in [4.78, 5) is 4.31. The van der Waals surface area contributed by atoms with Crippen molar-refractivity contribution in [2.75, 3.05) is 5.32 Å². The van der Waals surface area contributed by atoms with E-state index in [1.54, 1.807) is 0 Å². The number of pyridine rings is 1. The predicted octanol–water partition coefficient (Wildman–Crippen LogP) is 3.72. The number of rotatable bonds is 3. The Hall–Kier alpha value is -2.88. The van der Waals surface area contributed by atoms with Crippen molar-refractivity contribution in [3.8, 4) is 0 Å². The lowest BCUT2D eigenvalue weighted by Gasteiger charge is -2.09. The summed E-state index contributed by atoms with van der Waals surface area (Å²) in [6.45, 7) is 0.744. The Morgan fingerprint density at radius 1 is 0.952 bits per heavy atom. The first-order valence-corrected chi connectivity index (χ1v) is 6.89. The van der Waals surface area contributed by atoms with E-state index in [1.807, 2.05) is 24.7 Å². The highest BCUT2D eigenvalue weighted by molar-refractivity contribution is 5.85. The molecule has 0 radical (unpaired) electrons. The van der Waals surface area contributed by atoms with E-state index in [1.165, 1.54) is 16.3 Å². The van der Waals surface area contributed by atoms with Crippen LogP contribution in [0.25, 0.3) is 21.7 Å². The van der Waals surface area contributed by atoms with Gasteiger partial charge in [0.25, 0.3) is 0 Å². The molecule has 0 fully saturated rings. The molecule has 4 aromatic rings. The monoisotopic (exact) mass is 274 g/mol. The van der Waals surface area contributed by atoms with E-state index in [4.69, 9.17) is 0 Å². The smallest absolute Gasteiger partial charge is 0.0670 e. The standard InChI is InChI=1S/C17H14N4/c1-2-4-16-12(3-1)8-18-9-14(16)10-19-15-6-5-13-11-20-21-17(13)7-15/h1-9,11,19H,10H2,(H,20,21). The van der Waals surface area contributed by atoms with Crippen molar-refractivity contribution in [2.24, 2.45) is 0 Å². The SMILES string of the molecule is c1ccc2c(CNc3ccc4cn[nH]c4c3)cncc2c1. The minimum Gasteiger partial charge on any atom is -0.381 e. The molecule has 21 heavy (non-hydrogen) atoms. The Labute approximate surface area is 121 Å². The third kappa shape index (κ3) is 2.21. The van der Waals surface area contributed by atoms with Crippen LogP contribution in [-0.2, 0) is 6.54 Å². The van der Waals surface area contributed by atoms with Gasteiger partial charge in [0.1, 0.15) is 0 Å². The van der Waals surface area contributed by atoms with Gasteiger partial charge in [-0.3, -0.25) is 10.1 Å². The van der Waals surface area contributed by atoms with Crippen LogP contribution in [0.5, 0.6) is 0 Å². The Bertz CT molecular complexity index is 905. The van der Waals surface area contributed by atoms with Gasteiger partial charge in [-0.1, -0.05) is 24.3 Å². The molecular formula is C17H14N4. The molecule has 0 saturated heterocycles. The van der Waals surface area contributed by atoms with Crippen molar-refractivity contribution >= 4 is 27.4 Å². The molecule has 4 rings (SSSR count). The van der Waals surface area contributed by atoms with Crippen molar-refractivity contribution < 1.29 is 0 Å². The maximum atomic E-state index is 4.31. The molecule has 102 valence electrons. The summed E-state index contributed by atoms with van der Waals surface area (Å²) in [7, 11) is 0. The molecule has 0 aliphatic rings. The Morgan fingerprint density at radius 2 is 1.90 bits per heavy atom. The highest BCUT2D eigenvalue weighted by Gasteiger charge is 2.02. The van der Waals surface area contributed by atoms with Gasteiger partial charge in [-0.2, -0.15) is 5.10 Å². The topological polar surface area (TPSA) is 53.6 Å². The van der Waals surface area contributed by atoms with Crippen molar-refractivity contribution in [3.05, 3.63) is 66.6 Å². The molecule has 2 heterocycles. The van der Waals surface area contributed by atoms with Crippen LogP contribution in [0.4, 0.5) is 5.69 Å². The molecule has 0 amide bonds. The largest absolute Gasteiger partial charge is 0.381 e. The normalized spacial score (nSPS) is 11.0. The highest BCUT2D eigenvalue weighted by Crippen LogP contribution is 2.20. The fourth-order valence-corrected chi connectivity index (χ4v) is 2.56. The molecule has 2 aromatic heterocycles. The van der Waals surface area contributed by atoms with Crippen LogP contribution in [0.2, 0.25) is 0 Å². The van der Waals surface area contributed by atoms with Gasteiger partial charge < -0.3 is 5.32 Å². The molecule has 4 nitrogen and oxygen atoms in total. The molecule has 0 aliphatic heterocycles. The van der Waals surface area contributed by atoms with Crippen molar-refractivity contribution in [3.63, 3.8) is 0 Å². The highest BCUT2D eigenvalue weighted by atomic mass is 15.1. The van der Waals surface area contributed by atoms with Gasteiger partial charge in [-0.05, 0) is 29.1 Å². The molecule has 2 N–H and O–H groups in total. The van der Waals surface area contributed by atoms with Gasteiger partial charge in [-0.15, -0.1) is 0 Å². The predicted molar refractivity (Wildman–Crippen MR) is 85.2 cm³/mol. The number of benzene rings is 2. The van der Waals surface area contributed by atoms with E-state index in [2.05, 4.69) is 56.9 Å². The third-order valence-electron chi connectivity index (χ3n) is 3.68. The second-order valence-electron chi connectivity index (χ2n) is 5.05. The first-order valence-electron chi connectivity index (χ1n) is 6.89. The average molecular weight is 274 g/mol. The zero-order valence-electron chi connectivity index (χ0n) is 11.4. The van der Waals surface area contributed by atoms with Crippen LogP contribution < -0.4 is 5.32 Å². The molecular weight excluding hydrogens is 260 g/mol. The van der Waals surface area contributed by atoms with Crippen LogP contribution in [0.3, 0.4) is 0 Å². The van der Waals surface area contributed by atoms with Gasteiger partial charge in [0.2, 0.25) is 0 Å². The van der Waals surface area contributed by atoms with Gasteiger partial charge in [0, 0.05) is 35.4 Å². The number of nitrogens with zero attached hydrogens (tertiary/aromatic N) is 2. The fraction of sp³-hybridized carbons (Fsp3) is 0.0588. The van der Waals surface area contributed by atoms with E-state index in [0.29, 0.717) is 0 Å². The average Bonchev–Trinajstić information content (AvgIpc) is 3.00. The van der Waals surface area contributed by atoms with E-state index < -0.39 is 0 Å². The van der Waals surface area contributed by atoms with Crippen LogP contribution in [0, 0.1) is 0 Å². The number of H-pyrrole nitrogens is 1. The van der Waals surface area contributed by atoms with Crippen LogP contribution >= 0.6 is 0 Å². The number of aromatic nitrogens is 3. The maximum Gasteiger partial charge on any atom is 0.0670 e. The second kappa shape index (κ2) is 4.90. The lowest BCUT2D eigenvalue weighted by atomic mass is 10.1. The number of nitrogens with one attached hydrogen (secondary N) is 2. The number of hydrogen-bond donors (Lipinski definition) is 2. The van der Waals surface area contributed by atoms with E-state index in [-0.39, 0.29) is 0 Å². The zero-order valence-corrected chi connectivity index (χ0v) is 11.4. The van der Waals surface area contributed by atoms with Crippen LogP contribution in [0.15, 0.2) is 61.1 Å². The first-order chi connectivity index (χ1) is 10.4. The van der Waals surface area contributed by atoms with Crippen molar-refractivity contribution in [1.82, 2.24) is 15.2 Å². The molecule has 0 bridgehead atoms. The molecule has 0 atom stereocenters. The minimum absolute atomic E-state index is 0.744. The number of fused-ring (bicyclic) bond motifs is 2. The second-order valence-corrected chi connectivity index (χ2v) is 5.05. The zero-order chi connectivity index (χ0) is 14.1. The van der Waals surface area contributed by atoms with Gasteiger partial charge in [-0.25, -0.2) is 0 Å². The molecule has 0 spiro atoms. The summed E-state index contributed by atoms with van der Waals surface area (Å²) in [5.41, 5.74) is 3.30. The summed E-state index contributed by atoms with van der Waals surface area (Å²) in [5, 5.41) is 14.0. The van der Waals surface area contributed by atoms with E-state index >= 15 is 0 Å². The van der Waals surface area contributed by atoms with Gasteiger partial charge >= 0.3 is 0 Å². The summed E-state index contributed by atoms with van der Waals surface area (Å²) in [5.74, 6) is 0. The third-order valence-corrected chi connectivity index (χ3v) is 3.68. The number of hydrogen-bond acceptors (Lipinski definition) is 3. The molecule has 0 aliphatic carbocycles. The van der Waals surface area contributed by atoms with E-state index in [9.17, 15) is 0 Å². The summed E-state index contributed by atoms with van der Waals surface area (Å²) >= 11 is 0. The van der Waals surface area contributed by atoms with Crippen LogP contribution in [0.1, 0.15) is 5.56 Å². The molecule has 4 heteroatoms. The van der Waals surface area contributed by atoms with Crippen LogP contribution in [-0.4, -0.2) is 15.2 Å². The minimum atomic E-state index is 0.744. The summed E-state index contributed by atoms with van der Waals surface area (Å²) in [6, 6.07) is 14.5. The van der Waals surface area contributed by atoms with Crippen molar-refractivity contribution in [2.45, 2.75) is 6.54 Å². The van der Waals surface area contributed by atoms with Gasteiger partial charge in [0.05, 0.1) is 11.7 Å². The lowest BCUT2D eigenvalue weighted by molar-refractivity contribution is 1.12.